The van der Waals surface area contributed by atoms with E-state index < -0.39 is 12.1 Å². The van der Waals surface area contributed by atoms with Crippen LogP contribution in [0.4, 0.5) is 4.39 Å². The Hall–Kier alpha value is 0.130. The zero-order valence-electron chi connectivity index (χ0n) is 5.51. The van der Waals surface area contributed by atoms with Gasteiger partial charge < -0.3 is 4.74 Å². The number of carbonyl (C=O) groups is 1. The summed E-state index contributed by atoms with van der Waals surface area (Å²) in [7, 11) is 0. The lowest BCUT2D eigenvalue weighted by molar-refractivity contribution is -0.144. The molecule has 2 nitrogen and oxygen atoms in total. The maximum atomic E-state index is 12.7. The molecule has 1 aliphatic rings. The third-order valence-corrected chi connectivity index (χ3v) is 2.56. The number of alkyl halides is 2. The zero-order valence-corrected chi connectivity index (χ0v) is 7.67. The van der Waals surface area contributed by atoms with Crippen molar-refractivity contribution < 1.29 is 13.9 Å². The van der Waals surface area contributed by atoms with E-state index in [0.29, 0.717) is 4.43 Å². The minimum Gasteiger partial charge on any atom is -0.459 e. The van der Waals surface area contributed by atoms with Gasteiger partial charge >= 0.3 is 5.97 Å². The summed E-state index contributed by atoms with van der Waals surface area (Å²) in [5.74, 6) is -0.974. The van der Waals surface area contributed by atoms with Gasteiger partial charge in [0.15, 0.2) is 0 Å². The monoisotopic (exact) mass is 258 g/mol. The molecule has 0 saturated carbocycles. The molecule has 0 N–H and O–H groups in total. The van der Waals surface area contributed by atoms with Crippen LogP contribution >= 0.6 is 22.6 Å². The van der Waals surface area contributed by atoms with Crippen LogP contribution in [0.5, 0.6) is 0 Å². The summed E-state index contributed by atoms with van der Waals surface area (Å²) in [4.78, 5) is 10.6. The fourth-order valence-electron chi connectivity index (χ4n) is 0.897. The largest absolute Gasteiger partial charge is 0.459 e. The van der Waals surface area contributed by atoms with E-state index in [9.17, 15) is 9.18 Å². The number of hydrogen-bond acceptors (Lipinski definition) is 2. The average molecular weight is 258 g/mol. The maximum Gasteiger partial charge on any atom is 0.341 e. The lowest BCUT2D eigenvalue weighted by Crippen LogP contribution is -2.19. The van der Waals surface area contributed by atoms with E-state index in [0.717, 1.165) is 0 Å². The van der Waals surface area contributed by atoms with Crippen molar-refractivity contribution in [1.82, 2.24) is 0 Å². The molecular formula is C6H8FIO2. The summed E-state index contributed by atoms with van der Waals surface area (Å²) in [6.45, 7) is 1.69. The third kappa shape index (κ3) is 1.26. The number of ether oxygens (including phenoxy) is 1. The summed E-state index contributed by atoms with van der Waals surface area (Å²) in [5.41, 5.74) is 0. The van der Waals surface area contributed by atoms with Crippen molar-refractivity contribution in [2.45, 2.75) is 19.2 Å². The maximum absolute atomic E-state index is 12.7. The number of cyclic esters (lactones) is 1. The van der Waals surface area contributed by atoms with Crippen LogP contribution in [0.25, 0.3) is 0 Å². The molecule has 0 spiro atoms. The topological polar surface area (TPSA) is 26.3 Å². The predicted octanol–water partition coefficient (Wildman–Crippen LogP) is 1.32. The van der Waals surface area contributed by atoms with Gasteiger partial charge in [-0.1, -0.05) is 29.5 Å². The van der Waals surface area contributed by atoms with Crippen molar-refractivity contribution in [1.29, 1.82) is 0 Å². The Labute approximate surface area is 72.3 Å². The molecule has 1 saturated heterocycles. The molecule has 58 valence electrons. The Morgan fingerprint density at radius 2 is 2.40 bits per heavy atom. The smallest absolute Gasteiger partial charge is 0.341 e. The second-order valence-corrected chi connectivity index (χ2v) is 3.27. The molecule has 10 heavy (non-hydrogen) atoms. The number of esters is 1. The van der Waals surface area contributed by atoms with E-state index in [1.54, 1.807) is 6.92 Å². The van der Waals surface area contributed by atoms with Crippen molar-refractivity contribution in [3.8, 4) is 0 Å². The van der Waals surface area contributed by atoms with E-state index in [1.807, 2.05) is 0 Å². The standard InChI is InChI=1S/C6H8FIO2/c1-3-4(2-8)10-6(9)5(3)7/h3-5H,2H2,1H3/t3-,4-,5-/m1/s1. The van der Waals surface area contributed by atoms with Gasteiger partial charge in [-0.25, -0.2) is 9.18 Å². The molecule has 0 aromatic carbocycles. The second-order valence-electron chi connectivity index (χ2n) is 2.39. The lowest BCUT2D eigenvalue weighted by Gasteiger charge is -2.08. The molecule has 0 radical (unpaired) electrons. The molecule has 1 aliphatic heterocycles. The first-order valence-electron chi connectivity index (χ1n) is 3.07. The van der Waals surface area contributed by atoms with Gasteiger partial charge in [0.2, 0.25) is 6.17 Å². The van der Waals surface area contributed by atoms with E-state index in [-0.39, 0.29) is 12.0 Å². The molecule has 0 aliphatic carbocycles. The van der Waals surface area contributed by atoms with Gasteiger partial charge in [-0.3, -0.25) is 0 Å². The summed E-state index contributed by atoms with van der Waals surface area (Å²) >= 11 is 2.08. The Morgan fingerprint density at radius 1 is 1.80 bits per heavy atom. The molecule has 1 fully saturated rings. The number of halogens is 2. The highest BCUT2D eigenvalue weighted by atomic mass is 127. The van der Waals surface area contributed by atoms with Crippen LogP contribution in [0.1, 0.15) is 6.92 Å². The van der Waals surface area contributed by atoms with E-state index >= 15 is 0 Å². The van der Waals surface area contributed by atoms with Crippen molar-refractivity contribution in [3.63, 3.8) is 0 Å². The summed E-state index contributed by atoms with van der Waals surface area (Å²) in [6, 6.07) is 0. The third-order valence-electron chi connectivity index (χ3n) is 1.69. The van der Waals surface area contributed by atoms with E-state index in [1.165, 1.54) is 0 Å². The van der Waals surface area contributed by atoms with Crippen molar-refractivity contribution in [2.75, 3.05) is 4.43 Å². The molecule has 3 atom stereocenters. The highest BCUT2D eigenvalue weighted by molar-refractivity contribution is 14.1. The first kappa shape index (κ1) is 8.23. The van der Waals surface area contributed by atoms with Crippen LogP contribution in [0.3, 0.4) is 0 Å². The van der Waals surface area contributed by atoms with Gasteiger partial charge in [-0.2, -0.15) is 0 Å². The van der Waals surface area contributed by atoms with E-state index in [4.69, 9.17) is 4.74 Å². The van der Waals surface area contributed by atoms with Crippen LogP contribution in [-0.4, -0.2) is 22.7 Å². The summed E-state index contributed by atoms with van der Waals surface area (Å²) < 4.78 is 18.1. The lowest BCUT2D eigenvalue weighted by atomic mass is 10.0. The van der Waals surface area contributed by atoms with Crippen molar-refractivity contribution in [2.24, 2.45) is 5.92 Å². The fourth-order valence-corrected chi connectivity index (χ4v) is 1.88. The fraction of sp³-hybridized carbons (Fsp3) is 0.833. The van der Waals surface area contributed by atoms with Crippen LogP contribution in [0.15, 0.2) is 0 Å². The Bertz CT molecular complexity index is 151. The highest BCUT2D eigenvalue weighted by Crippen LogP contribution is 2.25. The summed E-state index contributed by atoms with van der Waals surface area (Å²) in [5, 5.41) is 0. The summed E-state index contributed by atoms with van der Waals surface area (Å²) in [6.07, 6.45) is -1.62. The minimum absolute atomic E-state index is 0.219. The SMILES string of the molecule is C[C@@H]1[C@@H](CI)OC(=O)[C@@H]1F. The molecule has 0 aromatic rings. The molecule has 1 heterocycles. The van der Waals surface area contributed by atoms with E-state index in [2.05, 4.69) is 22.6 Å². The van der Waals surface area contributed by atoms with Gasteiger partial charge in [0.25, 0.3) is 0 Å². The van der Waals surface area contributed by atoms with Crippen LogP contribution < -0.4 is 0 Å². The first-order valence-corrected chi connectivity index (χ1v) is 4.60. The molecule has 0 amide bonds. The minimum atomic E-state index is -1.40. The molecular weight excluding hydrogens is 250 g/mol. The Kier molecular flexibility index (Phi) is 2.49. The molecule has 1 rings (SSSR count). The molecule has 0 bridgehead atoms. The van der Waals surface area contributed by atoms with Gasteiger partial charge in [0, 0.05) is 10.3 Å². The number of carbonyl (C=O) groups excluding carboxylic acids is 1. The predicted molar refractivity (Wildman–Crippen MR) is 42.8 cm³/mol. The zero-order chi connectivity index (χ0) is 7.72. The normalized spacial score (nSPS) is 39.9. The van der Waals surface area contributed by atoms with Gasteiger partial charge in [-0.15, -0.1) is 0 Å². The van der Waals surface area contributed by atoms with Crippen LogP contribution in [0, 0.1) is 5.92 Å². The van der Waals surface area contributed by atoms with Crippen LogP contribution in [0.2, 0.25) is 0 Å². The number of rotatable bonds is 1. The first-order chi connectivity index (χ1) is 4.66. The molecule has 4 heteroatoms. The van der Waals surface area contributed by atoms with Crippen molar-refractivity contribution in [3.05, 3.63) is 0 Å². The van der Waals surface area contributed by atoms with Gasteiger partial charge in [-0.05, 0) is 0 Å². The Balaban J connectivity index is 2.61. The highest BCUT2D eigenvalue weighted by Gasteiger charge is 2.41. The molecule has 0 aromatic heterocycles. The molecule has 0 unspecified atom stereocenters. The van der Waals surface area contributed by atoms with Crippen LogP contribution in [-0.2, 0) is 9.53 Å². The number of hydrogen-bond donors (Lipinski definition) is 0. The van der Waals surface area contributed by atoms with Gasteiger partial charge in [0.05, 0.1) is 0 Å². The second kappa shape index (κ2) is 3.02. The average Bonchev–Trinajstić information content (AvgIpc) is 2.17. The van der Waals surface area contributed by atoms with Crippen molar-refractivity contribution >= 4 is 28.6 Å². The quantitative estimate of drug-likeness (QED) is 0.403. The van der Waals surface area contributed by atoms with Gasteiger partial charge in [0.1, 0.15) is 6.10 Å². The Morgan fingerprint density at radius 3 is 2.60 bits per heavy atom.